The summed E-state index contributed by atoms with van der Waals surface area (Å²) < 4.78 is 0. The van der Waals surface area contributed by atoms with E-state index in [0.29, 0.717) is 0 Å². The number of rotatable bonds is 7. The smallest absolute Gasteiger partial charge is 0.303 e. The molecular formula is C14H25NO3. The summed E-state index contributed by atoms with van der Waals surface area (Å²) in [6.07, 6.45) is 7.07. The lowest BCUT2D eigenvalue weighted by atomic mass is 9.80. The minimum Gasteiger partial charge on any atom is -0.481 e. The van der Waals surface area contributed by atoms with Crippen LogP contribution in [0.5, 0.6) is 0 Å². The second-order valence-corrected chi connectivity index (χ2v) is 5.31. The molecule has 0 saturated heterocycles. The Bertz CT molecular complexity index is 270. The Morgan fingerprint density at radius 2 is 1.83 bits per heavy atom. The van der Waals surface area contributed by atoms with Crippen LogP contribution in [0.4, 0.5) is 0 Å². The largest absolute Gasteiger partial charge is 0.481 e. The Labute approximate surface area is 109 Å². The normalized spacial score (nSPS) is 23.6. The molecule has 1 saturated carbocycles. The van der Waals surface area contributed by atoms with Crippen LogP contribution in [0.15, 0.2) is 0 Å². The summed E-state index contributed by atoms with van der Waals surface area (Å²) in [6, 6.07) is 0. The number of nitrogens with one attached hydrogen (secondary N) is 1. The highest BCUT2D eigenvalue weighted by molar-refractivity contribution is 5.78. The van der Waals surface area contributed by atoms with Crippen molar-refractivity contribution in [3.63, 3.8) is 0 Å². The zero-order chi connectivity index (χ0) is 13.4. The summed E-state index contributed by atoms with van der Waals surface area (Å²) in [5, 5.41) is 11.7. The van der Waals surface area contributed by atoms with Crippen molar-refractivity contribution in [2.24, 2.45) is 11.8 Å². The summed E-state index contributed by atoms with van der Waals surface area (Å²) in [6.45, 7) is 2.92. The number of unbranched alkanes of at least 4 members (excludes halogenated alkanes) is 2. The van der Waals surface area contributed by atoms with Gasteiger partial charge in [0.05, 0.1) is 0 Å². The fourth-order valence-corrected chi connectivity index (χ4v) is 2.61. The van der Waals surface area contributed by atoms with Crippen LogP contribution in [0.1, 0.15) is 58.3 Å². The fraction of sp³-hybridized carbons (Fsp3) is 0.857. The molecule has 1 amide bonds. The first kappa shape index (κ1) is 15.0. The number of carboxylic acid groups (broad SMARTS) is 1. The van der Waals surface area contributed by atoms with E-state index in [9.17, 15) is 9.59 Å². The van der Waals surface area contributed by atoms with Gasteiger partial charge in [-0.3, -0.25) is 9.59 Å². The summed E-state index contributed by atoms with van der Waals surface area (Å²) in [5.41, 5.74) is 0. The quantitative estimate of drug-likeness (QED) is 0.687. The van der Waals surface area contributed by atoms with E-state index in [-0.39, 0.29) is 24.2 Å². The van der Waals surface area contributed by atoms with E-state index in [1.807, 2.05) is 0 Å². The average Bonchev–Trinajstić information content (AvgIpc) is 2.34. The monoisotopic (exact) mass is 255 g/mol. The molecule has 1 aliphatic rings. The van der Waals surface area contributed by atoms with Crippen molar-refractivity contribution < 1.29 is 14.7 Å². The molecule has 1 aliphatic carbocycles. The summed E-state index contributed by atoms with van der Waals surface area (Å²) in [7, 11) is 0. The first-order valence-corrected chi connectivity index (χ1v) is 7.13. The Morgan fingerprint density at radius 1 is 1.17 bits per heavy atom. The minimum absolute atomic E-state index is 0.108. The van der Waals surface area contributed by atoms with Crippen molar-refractivity contribution >= 4 is 11.9 Å². The second kappa shape index (κ2) is 8.11. The summed E-state index contributed by atoms with van der Waals surface area (Å²) >= 11 is 0. The number of amides is 1. The van der Waals surface area contributed by atoms with Gasteiger partial charge in [-0.25, -0.2) is 0 Å². The van der Waals surface area contributed by atoms with Gasteiger partial charge in [0.15, 0.2) is 0 Å². The third-order valence-electron chi connectivity index (χ3n) is 3.76. The van der Waals surface area contributed by atoms with Crippen LogP contribution in [0.3, 0.4) is 0 Å². The Kier molecular flexibility index (Phi) is 6.76. The lowest BCUT2D eigenvalue weighted by Crippen LogP contribution is -2.34. The average molecular weight is 255 g/mol. The summed E-state index contributed by atoms with van der Waals surface area (Å²) in [5.74, 6) is -0.175. The van der Waals surface area contributed by atoms with Crippen molar-refractivity contribution in [1.29, 1.82) is 0 Å². The number of aliphatic carboxylic acids is 1. The van der Waals surface area contributed by atoms with Gasteiger partial charge in [-0.05, 0) is 38.0 Å². The maximum Gasteiger partial charge on any atom is 0.303 e. The fourth-order valence-electron chi connectivity index (χ4n) is 2.61. The highest BCUT2D eigenvalue weighted by atomic mass is 16.4. The van der Waals surface area contributed by atoms with Crippen LogP contribution in [0, 0.1) is 11.8 Å². The molecule has 1 fully saturated rings. The van der Waals surface area contributed by atoms with Gasteiger partial charge in [0.2, 0.25) is 5.91 Å². The zero-order valence-corrected chi connectivity index (χ0v) is 11.3. The Hall–Kier alpha value is -1.06. The molecule has 104 valence electrons. The van der Waals surface area contributed by atoms with Crippen LogP contribution >= 0.6 is 0 Å². The van der Waals surface area contributed by atoms with Crippen molar-refractivity contribution in [1.82, 2.24) is 5.32 Å². The molecule has 0 spiro atoms. The van der Waals surface area contributed by atoms with E-state index in [4.69, 9.17) is 5.11 Å². The lowest BCUT2D eigenvalue weighted by Gasteiger charge is -2.26. The van der Waals surface area contributed by atoms with Crippen molar-refractivity contribution in [3.8, 4) is 0 Å². The molecule has 18 heavy (non-hydrogen) atoms. The predicted octanol–water partition coefficient (Wildman–Crippen LogP) is 2.57. The van der Waals surface area contributed by atoms with Gasteiger partial charge in [-0.2, -0.15) is 0 Å². The molecule has 0 bridgehead atoms. The second-order valence-electron chi connectivity index (χ2n) is 5.31. The third kappa shape index (κ3) is 5.52. The van der Waals surface area contributed by atoms with E-state index in [1.165, 1.54) is 0 Å². The first-order valence-electron chi connectivity index (χ1n) is 7.13. The van der Waals surface area contributed by atoms with Crippen LogP contribution in [0.2, 0.25) is 0 Å². The lowest BCUT2D eigenvalue weighted by molar-refractivity contribution is -0.138. The molecule has 0 aromatic heterocycles. The Morgan fingerprint density at radius 3 is 2.39 bits per heavy atom. The van der Waals surface area contributed by atoms with Crippen LogP contribution in [0.25, 0.3) is 0 Å². The molecule has 0 atom stereocenters. The molecule has 4 nitrogen and oxygen atoms in total. The van der Waals surface area contributed by atoms with E-state index in [0.717, 1.165) is 51.5 Å². The molecule has 0 radical (unpaired) electrons. The highest BCUT2D eigenvalue weighted by Gasteiger charge is 2.26. The number of carboxylic acids is 1. The van der Waals surface area contributed by atoms with Gasteiger partial charge in [0.1, 0.15) is 0 Å². The van der Waals surface area contributed by atoms with Crippen LogP contribution in [-0.2, 0) is 9.59 Å². The van der Waals surface area contributed by atoms with Gasteiger partial charge in [-0.1, -0.05) is 19.8 Å². The van der Waals surface area contributed by atoms with E-state index < -0.39 is 5.97 Å². The van der Waals surface area contributed by atoms with Crippen molar-refractivity contribution in [2.75, 3.05) is 6.54 Å². The third-order valence-corrected chi connectivity index (χ3v) is 3.76. The van der Waals surface area contributed by atoms with Crippen LogP contribution in [-0.4, -0.2) is 23.5 Å². The van der Waals surface area contributed by atoms with E-state index in [1.54, 1.807) is 0 Å². The topological polar surface area (TPSA) is 66.4 Å². The Balaban J connectivity index is 2.17. The van der Waals surface area contributed by atoms with E-state index >= 15 is 0 Å². The molecule has 0 aromatic rings. The van der Waals surface area contributed by atoms with Gasteiger partial charge in [0, 0.05) is 18.9 Å². The van der Waals surface area contributed by atoms with E-state index in [2.05, 4.69) is 12.2 Å². The SMILES string of the molecule is CCCCCNC(=O)C1CCC(CC(=O)O)CC1. The molecule has 4 heteroatoms. The molecule has 1 rings (SSSR count). The maximum atomic E-state index is 11.9. The number of hydrogen-bond acceptors (Lipinski definition) is 2. The molecule has 0 aliphatic heterocycles. The standard InChI is InChI=1S/C14H25NO3/c1-2-3-4-9-15-14(18)12-7-5-11(6-8-12)10-13(16)17/h11-12H,2-10H2,1H3,(H,15,18)(H,16,17). The number of carbonyl (C=O) groups excluding carboxylic acids is 1. The molecule has 2 N–H and O–H groups in total. The zero-order valence-electron chi connectivity index (χ0n) is 11.3. The van der Waals surface area contributed by atoms with Crippen molar-refractivity contribution in [3.05, 3.63) is 0 Å². The predicted molar refractivity (Wildman–Crippen MR) is 70.2 cm³/mol. The molecule has 0 heterocycles. The first-order chi connectivity index (χ1) is 8.63. The minimum atomic E-state index is -0.720. The molecule has 0 unspecified atom stereocenters. The van der Waals surface area contributed by atoms with Gasteiger partial charge in [-0.15, -0.1) is 0 Å². The molecular weight excluding hydrogens is 230 g/mol. The van der Waals surface area contributed by atoms with Gasteiger partial charge >= 0.3 is 5.97 Å². The van der Waals surface area contributed by atoms with Gasteiger partial charge < -0.3 is 10.4 Å². The molecule has 0 aromatic carbocycles. The number of hydrogen-bond donors (Lipinski definition) is 2. The maximum absolute atomic E-state index is 11.9. The summed E-state index contributed by atoms with van der Waals surface area (Å²) in [4.78, 5) is 22.5. The number of carbonyl (C=O) groups is 2. The highest BCUT2D eigenvalue weighted by Crippen LogP contribution is 2.30. The van der Waals surface area contributed by atoms with Crippen molar-refractivity contribution in [2.45, 2.75) is 58.3 Å². The van der Waals surface area contributed by atoms with Gasteiger partial charge in [0.25, 0.3) is 0 Å². The van der Waals surface area contributed by atoms with Crippen LogP contribution < -0.4 is 5.32 Å².